The van der Waals surface area contributed by atoms with E-state index in [2.05, 4.69) is 21.6 Å². The molecule has 0 aliphatic carbocycles. The number of para-hydroxylation sites is 2. The number of benzene rings is 3. The number of hydrogen-bond acceptors (Lipinski definition) is 4. The molecular weight excluding hydrogens is 406 g/mol. The average Bonchev–Trinajstić information content (AvgIpc) is 3.34. The number of carbonyl (C=O) groups is 1. The standard InChI is InChI=1S/C25H25N3O2S/c29-24(20-11-8-12-21(17-20)30-18-19-9-2-1-3-10-19)27-25(31)26-22-13-4-5-14-23(22)28-15-6-7-16-28/h1-5,8-14,17H,6-7,15-16,18H2,(H2,26,27,29,31). The minimum absolute atomic E-state index is 0.271. The van der Waals surface area contributed by atoms with Crippen LogP contribution in [0.25, 0.3) is 0 Å². The second-order valence-electron chi connectivity index (χ2n) is 7.42. The van der Waals surface area contributed by atoms with Crippen LogP contribution in [0.15, 0.2) is 78.9 Å². The third kappa shape index (κ3) is 5.61. The van der Waals surface area contributed by atoms with Gasteiger partial charge >= 0.3 is 0 Å². The predicted molar refractivity (Wildman–Crippen MR) is 129 cm³/mol. The number of nitrogens with one attached hydrogen (secondary N) is 2. The van der Waals surface area contributed by atoms with Crippen molar-refractivity contribution in [3.8, 4) is 5.75 Å². The third-order valence-electron chi connectivity index (χ3n) is 5.17. The fourth-order valence-electron chi connectivity index (χ4n) is 3.61. The lowest BCUT2D eigenvalue weighted by atomic mass is 10.2. The van der Waals surface area contributed by atoms with Crippen molar-refractivity contribution in [2.45, 2.75) is 19.4 Å². The Morgan fingerprint density at radius 3 is 2.48 bits per heavy atom. The molecule has 3 aromatic rings. The normalized spacial score (nSPS) is 13.0. The Bertz CT molecular complexity index is 1050. The molecule has 1 heterocycles. The number of anilines is 2. The molecule has 1 amide bonds. The molecule has 1 fully saturated rings. The zero-order valence-corrected chi connectivity index (χ0v) is 18.0. The maximum Gasteiger partial charge on any atom is 0.257 e. The van der Waals surface area contributed by atoms with Crippen LogP contribution in [0.4, 0.5) is 11.4 Å². The van der Waals surface area contributed by atoms with Gasteiger partial charge in [-0.1, -0.05) is 48.5 Å². The molecule has 0 radical (unpaired) electrons. The molecule has 0 aromatic heterocycles. The molecular formula is C25H25N3O2S. The van der Waals surface area contributed by atoms with E-state index < -0.39 is 0 Å². The third-order valence-corrected chi connectivity index (χ3v) is 5.37. The van der Waals surface area contributed by atoms with Crippen LogP contribution in [0.1, 0.15) is 28.8 Å². The van der Waals surface area contributed by atoms with Crippen LogP contribution < -0.4 is 20.3 Å². The molecule has 0 unspecified atom stereocenters. The fourth-order valence-corrected chi connectivity index (χ4v) is 3.81. The minimum atomic E-state index is -0.277. The molecule has 158 valence electrons. The first-order chi connectivity index (χ1) is 15.2. The smallest absolute Gasteiger partial charge is 0.257 e. The van der Waals surface area contributed by atoms with Gasteiger partial charge in [0, 0.05) is 18.7 Å². The van der Waals surface area contributed by atoms with E-state index >= 15 is 0 Å². The van der Waals surface area contributed by atoms with E-state index in [1.54, 1.807) is 18.2 Å². The lowest BCUT2D eigenvalue weighted by Crippen LogP contribution is -2.34. The Kier molecular flexibility index (Phi) is 6.79. The van der Waals surface area contributed by atoms with Gasteiger partial charge < -0.3 is 15.0 Å². The van der Waals surface area contributed by atoms with Crippen molar-refractivity contribution in [2.24, 2.45) is 0 Å². The summed E-state index contributed by atoms with van der Waals surface area (Å²) in [7, 11) is 0. The summed E-state index contributed by atoms with van der Waals surface area (Å²) in [5, 5.41) is 6.22. The van der Waals surface area contributed by atoms with Crippen LogP contribution in [0.2, 0.25) is 0 Å². The van der Waals surface area contributed by atoms with Crippen molar-refractivity contribution < 1.29 is 9.53 Å². The second kappa shape index (κ2) is 10.1. The van der Waals surface area contributed by atoms with Gasteiger partial charge in [0.15, 0.2) is 5.11 Å². The highest BCUT2D eigenvalue weighted by Gasteiger charge is 2.16. The van der Waals surface area contributed by atoms with Gasteiger partial charge in [-0.25, -0.2) is 0 Å². The second-order valence-corrected chi connectivity index (χ2v) is 7.83. The molecule has 31 heavy (non-hydrogen) atoms. The first kappa shape index (κ1) is 20.9. The molecule has 0 saturated carbocycles. The Morgan fingerprint density at radius 2 is 1.68 bits per heavy atom. The van der Waals surface area contributed by atoms with Gasteiger partial charge in [-0.15, -0.1) is 0 Å². The number of rotatable bonds is 6. The van der Waals surface area contributed by atoms with Crippen molar-refractivity contribution in [1.29, 1.82) is 0 Å². The monoisotopic (exact) mass is 431 g/mol. The number of ether oxygens (including phenoxy) is 1. The first-order valence-electron chi connectivity index (χ1n) is 10.4. The topological polar surface area (TPSA) is 53.6 Å². The molecule has 1 aliphatic heterocycles. The average molecular weight is 432 g/mol. The fraction of sp³-hybridized carbons (Fsp3) is 0.200. The number of amides is 1. The lowest BCUT2D eigenvalue weighted by molar-refractivity contribution is 0.0977. The molecule has 1 aliphatic rings. The Balaban J connectivity index is 1.37. The van der Waals surface area contributed by atoms with Crippen LogP contribution in [0.3, 0.4) is 0 Å². The Morgan fingerprint density at radius 1 is 0.935 bits per heavy atom. The Labute approximate surface area is 188 Å². The van der Waals surface area contributed by atoms with Crippen LogP contribution in [0, 0.1) is 0 Å². The van der Waals surface area contributed by atoms with Crippen molar-refractivity contribution in [3.63, 3.8) is 0 Å². The van der Waals surface area contributed by atoms with Gasteiger partial charge in [-0.3, -0.25) is 10.1 Å². The van der Waals surface area contributed by atoms with Gasteiger partial charge in [-0.2, -0.15) is 0 Å². The summed E-state index contributed by atoms with van der Waals surface area (Å²) in [6.45, 7) is 2.51. The van der Waals surface area contributed by atoms with Gasteiger partial charge in [0.1, 0.15) is 12.4 Å². The van der Waals surface area contributed by atoms with E-state index in [0.29, 0.717) is 17.9 Å². The number of thiocarbonyl (C=S) groups is 1. The summed E-state index contributed by atoms with van der Waals surface area (Å²) in [6.07, 6.45) is 2.39. The maximum absolute atomic E-state index is 12.7. The van der Waals surface area contributed by atoms with Crippen LogP contribution in [0.5, 0.6) is 5.75 Å². The van der Waals surface area contributed by atoms with Crippen molar-refractivity contribution in [3.05, 3.63) is 90.0 Å². The highest BCUT2D eigenvalue weighted by atomic mass is 32.1. The van der Waals surface area contributed by atoms with E-state index in [0.717, 1.165) is 30.0 Å². The van der Waals surface area contributed by atoms with E-state index in [1.165, 1.54) is 12.8 Å². The molecule has 0 bridgehead atoms. The molecule has 0 spiro atoms. The van der Waals surface area contributed by atoms with E-state index in [9.17, 15) is 4.79 Å². The maximum atomic E-state index is 12.7. The molecule has 4 rings (SSSR count). The summed E-state index contributed by atoms with van der Waals surface area (Å²) >= 11 is 5.40. The van der Waals surface area contributed by atoms with Crippen molar-refractivity contribution in [2.75, 3.05) is 23.3 Å². The van der Waals surface area contributed by atoms with Crippen LogP contribution in [-0.4, -0.2) is 24.1 Å². The number of carbonyl (C=O) groups excluding carboxylic acids is 1. The van der Waals surface area contributed by atoms with Gasteiger partial charge in [-0.05, 0) is 61.0 Å². The van der Waals surface area contributed by atoms with Gasteiger partial charge in [0.2, 0.25) is 0 Å². The summed E-state index contributed by atoms with van der Waals surface area (Å²) in [5.74, 6) is 0.357. The summed E-state index contributed by atoms with van der Waals surface area (Å²) in [5.41, 5.74) is 3.56. The molecule has 0 atom stereocenters. The first-order valence-corrected chi connectivity index (χ1v) is 10.8. The molecule has 1 saturated heterocycles. The lowest BCUT2D eigenvalue weighted by Gasteiger charge is -2.22. The molecule has 5 nitrogen and oxygen atoms in total. The molecule has 3 aromatic carbocycles. The SMILES string of the molecule is O=C(NC(=S)Nc1ccccc1N1CCCC1)c1cccc(OCc2ccccc2)c1. The summed E-state index contributed by atoms with van der Waals surface area (Å²) in [6, 6.07) is 25.0. The minimum Gasteiger partial charge on any atom is -0.489 e. The van der Waals surface area contributed by atoms with E-state index in [4.69, 9.17) is 17.0 Å². The highest BCUT2D eigenvalue weighted by Crippen LogP contribution is 2.28. The molecule has 2 N–H and O–H groups in total. The number of nitrogens with zero attached hydrogens (tertiary/aromatic N) is 1. The zero-order valence-electron chi connectivity index (χ0n) is 17.2. The quantitative estimate of drug-likeness (QED) is 0.539. The van der Waals surface area contributed by atoms with Crippen LogP contribution in [-0.2, 0) is 6.61 Å². The zero-order chi connectivity index (χ0) is 21.5. The number of hydrogen-bond donors (Lipinski definition) is 2. The van der Waals surface area contributed by atoms with Crippen molar-refractivity contribution >= 4 is 34.6 Å². The predicted octanol–water partition coefficient (Wildman–Crippen LogP) is 4.99. The van der Waals surface area contributed by atoms with Crippen LogP contribution >= 0.6 is 12.2 Å². The van der Waals surface area contributed by atoms with Gasteiger partial charge in [0.05, 0.1) is 11.4 Å². The summed E-state index contributed by atoms with van der Waals surface area (Å²) in [4.78, 5) is 15.0. The van der Waals surface area contributed by atoms with E-state index in [-0.39, 0.29) is 11.0 Å². The Hall–Kier alpha value is -3.38. The van der Waals surface area contributed by atoms with E-state index in [1.807, 2.05) is 54.6 Å². The largest absolute Gasteiger partial charge is 0.489 e. The molecule has 6 heteroatoms. The van der Waals surface area contributed by atoms with Gasteiger partial charge in [0.25, 0.3) is 5.91 Å². The summed E-state index contributed by atoms with van der Waals surface area (Å²) < 4.78 is 5.82. The highest BCUT2D eigenvalue weighted by molar-refractivity contribution is 7.80. The van der Waals surface area contributed by atoms with Crippen molar-refractivity contribution in [1.82, 2.24) is 5.32 Å².